The molecule has 1 atom stereocenters. The number of para-hydroxylation sites is 1. The van der Waals surface area contributed by atoms with Crippen molar-refractivity contribution < 1.29 is 14.7 Å². The second-order valence-corrected chi connectivity index (χ2v) is 9.54. The molecule has 2 N–H and O–H groups in total. The molecule has 0 aromatic heterocycles. The minimum absolute atomic E-state index is 0.176. The van der Waals surface area contributed by atoms with Gasteiger partial charge in [-0.3, -0.25) is 9.69 Å². The molecule has 0 saturated heterocycles. The fourth-order valence-electron chi connectivity index (χ4n) is 5.18. The number of carbonyl (C=O) groups excluding carboxylic acids is 1. The van der Waals surface area contributed by atoms with Crippen LogP contribution in [0, 0.1) is 0 Å². The van der Waals surface area contributed by atoms with Gasteiger partial charge in [0.1, 0.15) is 6.04 Å². The van der Waals surface area contributed by atoms with Crippen molar-refractivity contribution >= 4 is 30.2 Å². The maximum Gasteiger partial charge on any atom is 0.326 e. The summed E-state index contributed by atoms with van der Waals surface area (Å²) in [5, 5.41) is 13.1. The largest absolute Gasteiger partial charge is 0.480 e. The molecule has 6 heteroatoms. The maximum atomic E-state index is 12.1. The molecule has 2 aliphatic carbocycles. The van der Waals surface area contributed by atoms with Crippen molar-refractivity contribution in [1.82, 2.24) is 5.32 Å². The highest BCUT2D eigenvalue weighted by Crippen LogP contribution is 2.31. The molecular weight excluding hydrogens is 408 g/mol. The van der Waals surface area contributed by atoms with Gasteiger partial charge in [-0.1, -0.05) is 56.7 Å². The first-order chi connectivity index (χ1) is 15.1. The highest BCUT2D eigenvalue weighted by Gasteiger charge is 2.34. The van der Waals surface area contributed by atoms with E-state index in [-0.39, 0.29) is 12.3 Å². The predicted octanol–water partition coefficient (Wildman–Crippen LogP) is 4.98. The van der Waals surface area contributed by atoms with Crippen molar-refractivity contribution in [3.05, 3.63) is 29.8 Å². The lowest BCUT2D eigenvalue weighted by Crippen LogP contribution is -2.48. The molecule has 2 saturated carbocycles. The number of hydrogen-bond acceptors (Lipinski definition) is 4. The number of aliphatic carboxylic acids is 1. The van der Waals surface area contributed by atoms with E-state index < -0.39 is 12.0 Å². The van der Waals surface area contributed by atoms with Crippen molar-refractivity contribution in [1.29, 1.82) is 0 Å². The van der Waals surface area contributed by atoms with Gasteiger partial charge in [-0.15, -0.1) is 0 Å². The zero-order chi connectivity index (χ0) is 22.1. The molecule has 1 aromatic rings. The topological polar surface area (TPSA) is 69.6 Å². The monoisotopic (exact) mass is 446 g/mol. The van der Waals surface area contributed by atoms with E-state index in [2.05, 4.69) is 17.9 Å². The van der Waals surface area contributed by atoms with Gasteiger partial charge in [-0.05, 0) is 55.9 Å². The Morgan fingerprint density at radius 2 is 1.52 bits per heavy atom. The summed E-state index contributed by atoms with van der Waals surface area (Å²) in [6, 6.07) is 8.46. The molecule has 0 radical (unpaired) electrons. The summed E-state index contributed by atoms with van der Waals surface area (Å²) in [7, 11) is 0. The molecule has 1 unspecified atom stereocenters. The fourth-order valence-corrected chi connectivity index (χ4v) is 5.37. The van der Waals surface area contributed by atoms with Crippen molar-refractivity contribution in [3.8, 4) is 0 Å². The van der Waals surface area contributed by atoms with Gasteiger partial charge in [0, 0.05) is 24.2 Å². The third kappa shape index (κ3) is 6.98. The number of carbonyl (C=O) groups is 2. The van der Waals surface area contributed by atoms with Gasteiger partial charge in [0.25, 0.3) is 0 Å². The molecule has 1 amide bonds. The Hall–Kier alpha value is -1.53. The van der Waals surface area contributed by atoms with Gasteiger partial charge in [-0.2, -0.15) is 12.6 Å². The summed E-state index contributed by atoms with van der Waals surface area (Å²) in [4.78, 5) is 24.8. The molecule has 31 heavy (non-hydrogen) atoms. The van der Waals surface area contributed by atoms with Crippen LogP contribution in [-0.4, -0.2) is 40.9 Å². The summed E-state index contributed by atoms with van der Waals surface area (Å²) >= 11 is 4.04. The third-order valence-corrected chi connectivity index (χ3v) is 7.03. The zero-order valence-electron chi connectivity index (χ0n) is 18.6. The second-order valence-electron chi connectivity index (χ2n) is 9.10. The van der Waals surface area contributed by atoms with E-state index in [1.807, 2.05) is 18.2 Å². The molecule has 2 fully saturated rings. The molecule has 1 heterocycles. The number of thiol groups is 1. The minimum Gasteiger partial charge on any atom is -0.480 e. The van der Waals surface area contributed by atoms with E-state index in [0.29, 0.717) is 18.6 Å². The fraction of sp³-hybridized carbons (Fsp3) is 0.680. The molecule has 0 bridgehead atoms. The first kappa shape index (κ1) is 24.1. The van der Waals surface area contributed by atoms with Crippen LogP contribution in [0.5, 0.6) is 0 Å². The number of benzene rings is 1. The number of carboxylic acid groups (broad SMARTS) is 1. The number of amides is 1. The van der Waals surface area contributed by atoms with Crippen molar-refractivity contribution in [3.63, 3.8) is 0 Å². The second kappa shape index (κ2) is 12.5. The standard InChI is InChI=1S/C13H15NO3S.C12H23N/c15-12(7-8-18)14-10-4-2-1-3-9(10)5-6-11(14)13(16)17;1-3-7-11(8-4-1)13-12-9-5-2-6-10-12/h1-4,11,18H,5-8H2,(H,16,17);11-13H,1-10H2. The normalized spacial score (nSPS) is 22.2. The van der Waals surface area contributed by atoms with Crippen LogP contribution in [0.25, 0.3) is 0 Å². The Kier molecular flexibility index (Phi) is 9.72. The Morgan fingerprint density at radius 3 is 2.06 bits per heavy atom. The third-order valence-electron chi connectivity index (χ3n) is 6.81. The van der Waals surface area contributed by atoms with Crippen LogP contribution < -0.4 is 10.2 Å². The van der Waals surface area contributed by atoms with E-state index in [1.165, 1.54) is 69.1 Å². The van der Waals surface area contributed by atoms with Gasteiger partial charge < -0.3 is 10.4 Å². The lowest BCUT2D eigenvalue weighted by molar-refractivity contribution is -0.140. The van der Waals surface area contributed by atoms with E-state index in [0.717, 1.165) is 23.3 Å². The molecule has 172 valence electrons. The van der Waals surface area contributed by atoms with Crippen LogP contribution in [-0.2, 0) is 16.0 Å². The number of nitrogens with zero attached hydrogens (tertiary/aromatic N) is 1. The summed E-state index contributed by atoms with van der Waals surface area (Å²) in [5.74, 6) is -0.703. The SMILES string of the molecule is C1CCC(NC2CCCCC2)CC1.O=C(O)C1CCc2ccccc2N1C(=O)CCS. The van der Waals surface area contributed by atoms with Gasteiger partial charge in [0.05, 0.1) is 0 Å². The van der Waals surface area contributed by atoms with Gasteiger partial charge >= 0.3 is 5.97 Å². The van der Waals surface area contributed by atoms with Crippen molar-refractivity contribution in [2.24, 2.45) is 0 Å². The highest BCUT2D eigenvalue weighted by atomic mass is 32.1. The number of hydrogen-bond donors (Lipinski definition) is 3. The molecule has 1 aromatic carbocycles. The van der Waals surface area contributed by atoms with E-state index in [9.17, 15) is 14.7 Å². The van der Waals surface area contributed by atoms with Gasteiger partial charge in [0.15, 0.2) is 0 Å². The minimum atomic E-state index is -0.947. The number of aryl methyl sites for hydroxylation is 1. The van der Waals surface area contributed by atoms with Crippen LogP contribution in [0.3, 0.4) is 0 Å². The van der Waals surface area contributed by atoms with Crippen LogP contribution in [0.15, 0.2) is 24.3 Å². The molecule has 5 nitrogen and oxygen atoms in total. The lowest BCUT2D eigenvalue weighted by Gasteiger charge is -2.34. The van der Waals surface area contributed by atoms with Gasteiger partial charge in [0.2, 0.25) is 5.91 Å². The Morgan fingerprint density at radius 1 is 0.935 bits per heavy atom. The highest BCUT2D eigenvalue weighted by molar-refractivity contribution is 7.80. The van der Waals surface area contributed by atoms with E-state index >= 15 is 0 Å². The summed E-state index contributed by atoms with van der Waals surface area (Å²) in [6.45, 7) is 0. The Balaban J connectivity index is 0.000000185. The first-order valence-corrected chi connectivity index (χ1v) is 12.7. The Labute approximate surface area is 192 Å². The molecule has 3 aliphatic rings. The number of rotatable bonds is 5. The maximum absolute atomic E-state index is 12.1. The number of carboxylic acids is 1. The Bertz CT molecular complexity index is 698. The van der Waals surface area contributed by atoms with Gasteiger partial charge in [-0.25, -0.2) is 4.79 Å². The average molecular weight is 447 g/mol. The average Bonchev–Trinajstić information content (AvgIpc) is 2.80. The first-order valence-electron chi connectivity index (χ1n) is 12.1. The van der Waals surface area contributed by atoms with Crippen LogP contribution in [0.4, 0.5) is 5.69 Å². The summed E-state index contributed by atoms with van der Waals surface area (Å²) < 4.78 is 0. The quantitative estimate of drug-likeness (QED) is 0.558. The lowest BCUT2D eigenvalue weighted by atomic mass is 9.91. The summed E-state index contributed by atoms with van der Waals surface area (Å²) in [5.41, 5.74) is 1.76. The molecule has 4 rings (SSSR count). The van der Waals surface area contributed by atoms with E-state index in [1.54, 1.807) is 6.07 Å². The molecular formula is C25H38N2O3S. The summed E-state index contributed by atoms with van der Waals surface area (Å²) in [6.07, 6.45) is 16.0. The number of anilines is 1. The van der Waals surface area contributed by atoms with E-state index in [4.69, 9.17) is 0 Å². The van der Waals surface area contributed by atoms with Crippen molar-refractivity contribution in [2.75, 3.05) is 10.7 Å². The smallest absolute Gasteiger partial charge is 0.326 e. The number of nitrogens with one attached hydrogen (secondary N) is 1. The van der Waals surface area contributed by atoms with Crippen LogP contribution in [0.1, 0.15) is 82.6 Å². The molecule has 0 spiro atoms. The molecule has 1 aliphatic heterocycles. The number of fused-ring (bicyclic) bond motifs is 1. The van der Waals surface area contributed by atoms with Crippen molar-refractivity contribution in [2.45, 2.75) is 102 Å². The van der Waals surface area contributed by atoms with Crippen LogP contribution in [0.2, 0.25) is 0 Å². The predicted molar refractivity (Wildman–Crippen MR) is 129 cm³/mol. The zero-order valence-corrected chi connectivity index (χ0v) is 19.5. The van der Waals surface area contributed by atoms with Crippen LogP contribution >= 0.6 is 12.6 Å².